The molecule has 0 saturated heterocycles. The van der Waals surface area contributed by atoms with Crippen LogP contribution in [0.5, 0.6) is 0 Å². The first-order valence-electron chi connectivity index (χ1n) is 14.7. The lowest BCUT2D eigenvalue weighted by molar-refractivity contribution is -0.0348. The number of hydrogen-bond donors (Lipinski definition) is 1. The molecule has 0 unspecified atom stereocenters. The predicted octanol–water partition coefficient (Wildman–Crippen LogP) is 8.06. The van der Waals surface area contributed by atoms with Crippen LogP contribution >= 0.6 is 0 Å². The summed E-state index contributed by atoms with van der Waals surface area (Å²) in [5.41, 5.74) is 3.82. The van der Waals surface area contributed by atoms with Gasteiger partial charge in [0.2, 0.25) is 0 Å². The number of ether oxygens (including phenoxy) is 3. The van der Waals surface area contributed by atoms with Crippen LogP contribution in [-0.4, -0.2) is 24.8 Å². The van der Waals surface area contributed by atoms with Crippen LogP contribution in [-0.2, 0) is 33.0 Å². The highest BCUT2D eigenvalue weighted by Gasteiger charge is 2.39. The number of nitrogens with one attached hydrogen (secondary N) is 1. The van der Waals surface area contributed by atoms with Gasteiger partial charge < -0.3 is 19.5 Å². The Balaban J connectivity index is 1.46. The quantitative estimate of drug-likeness (QED) is 0.106. The Kier molecular flexibility index (Phi) is 10.7. The van der Waals surface area contributed by atoms with E-state index >= 15 is 0 Å². The fraction of sp³-hybridized carbons (Fsp3) is 0.154. The van der Waals surface area contributed by atoms with Crippen LogP contribution in [0.15, 0.2) is 164 Å². The normalized spacial score (nSPS) is 12.5. The van der Waals surface area contributed by atoms with E-state index in [2.05, 4.69) is 48.3 Å². The van der Waals surface area contributed by atoms with Gasteiger partial charge in [0.15, 0.2) is 0 Å². The van der Waals surface area contributed by atoms with Gasteiger partial charge in [-0.05, 0) is 27.8 Å². The number of hydrogen-bond acceptors (Lipinski definition) is 4. The number of carbonyl (C=O) groups excluding carboxylic acids is 1. The van der Waals surface area contributed by atoms with Crippen molar-refractivity contribution < 1.29 is 19.0 Å². The molecule has 0 fully saturated rings. The van der Waals surface area contributed by atoms with E-state index in [-0.39, 0.29) is 13.2 Å². The number of rotatable bonds is 14. The summed E-state index contributed by atoms with van der Waals surface area (Å²) in [5.74, 6) is 0. The van der Waals surface area contributed by atoms with Crippen molar-refractivity contribution in [3.05, 3.63) is 192 Å². The summed E-state index contributed by atoms with van der Waals surface area (Å²) >= 11 is 0. The minimum Gasteiger partial charge on any atom is -0.445 e. The lowest BCUT2D eigenvalue weighted by Crippen LogP contribution is -2.49. The highest BCUT2D eigenvalue weighted by Crippen LogP contribution is 2.40. The molecule has 0 spiro atoms. The molecule has 44 heavy (non-hydrogen) atoms. The molecule has 2 atom stereocenters. The van der Waals surface area contributed by atoms with E-state index in [0.717, 1.165) is 27.8 Å². The zero-order chi connectivity index (χ0) is 30.5. The Bertz CT molecular complexity index is 1470. The number of carbonyl (C=O) groups is 1. The molecule has 5 rings (SSSR count). The zero-order valence-electron chi connectivity index (χ0n) is 24.6. The van der Waals surface area contributed by atoms with Gasteiger partial charge in [0.25, 0.3) is 0 Å². The van der Waals surface area contributed by atoms with Crippen LogP contribution < -0.4 is 5.32 Å². The average Bonchev–Trinajstić information content (AvgIpc) is 3.10. The summed E-state index contributed by atoms with van der Waals surface area (Å²) in [6.07, 6.45) is 0.561. The monoisotopic (exact) mass is 583 g/mol. The standard InChI is InChI=1S/C39H37NO4/c1-2-37(42-28-31-18-8-3-9-19-31)36(40-38(41)43-29-32-20-10-4-11-21-32)30-44-39(33-22-12-5-13-23-33,34-24-14-6-15-25-34)35-26-16-7-17-27-35/h2-27,36-37H,1,28-30H2,(H,40,41)/t36-,37-/m0/s1. The van der Waals surface area contributed by atoms with Crippen molar-refractivity contribution in [3.8, 4) is 0 Å². The van der Waals surface area contributed by atoms with Crippen LogP contribution in [0.4, 0.5) is 4.79 Å². The summed E-state index contributed by atoms with van der Waals surface area (Å²) in [5, 5.41) is 3.02. The third-order valence-corrected chi connectivity index (χ3v) is 7.45. The highest BCUT2D eigenvalue weighted by molar-refractivity contribution is 5.67. The molecule has 0 radical (unpaired) electrons. The van der Waals surface area contributed by atoms with Crippen molar-refractivity contribution >= 4 is 6.09 Å². The van der Waals surface area contributed by atoms with Gasteiger partial charge in [0, 0.05) is 0 Å². The Morgan fingerprint density at radius 2 is 1.05 bits per heavy atom. The summed E-state index contributed by atoms with van der Waals surface area (Å²) in [4.78, 5) is 13.2. The summed E-state index contributed by atoms with van der Waals surface area (Å²) in [6.45, 7) is 4.63. The molecule has 1 amide bonds. The van der Waals surface area contributed by atoms with E-state index in [9.17, 15) is 4.79 Å². The lowest BCUT2D eigenvalue weighted by atomic mass is 9.80. The maximum atomic E-state index is 13.2. The molecular weight excluding hydrogens is 546 g/mol. The van der Waals surface area contributed by atoms with Crippen molar-refractivity contribution in [1.29, 1.82) is 0 Å². The maximum absolute atomic E-state index is 13.2. The summed E-state index contributed by atoms with van der Waals surface area (Å²) in [6, 6.07) is 49.2. The smallest absolute Gasteiger partial charge is 0.407 e. The minimum absolute atomic E-state index is 0.102. The molecule has 5 aromatic carbocycles. The SMILES string of the molecule is C=C[C@H](OCc1ccccc1)[C@H](COC(c1ccccc1)(c1ccccc1)c1ccccc1)NC(=O)OCc1ccccc1. The van der Waals surface area contributed by atoms with Gasteiger partial charge in [-0.25, -0.2) is 4.79 Å². The van der Waals surface area contributed by atoms with Crippen LogP contribution in [0.1, 0.15) is 27.8 Å². The van der Waals surface area contributed by atoms with Crippen molar-refractivity contribution in [2.45, 2.75) is 31.0 Å². The second-order valence-electron chi connectivity index (χ2n) is 10.4. The first-order valence-corrected chi connectivity index (χ1v) is 14.7. The zero-order valence-corrected chi connectivity index (χ0v) is 24.6. The second-order valence-corrected chi connectivity index (χ2v) is 10.4. The fourth-order valence-corrected chi connectivity index (χ4v) is 5.23. The first kappa shape index (κ1) is 30.5. The molecule has 0 saturated carbocycles. The largest absolute Gasteiger partial charge is 0.445 e. The number of benzene rings is 5. The van der Waals surface area contributed by atoms with Gasteiger partial charge in [0.05, 0.1) is 25.4 Å². The van der Waals surface area contributed by atoms with E-state index < -0.39 is 23.8 Å². The molecule has 0 aromatic heterocycles. The Labute approximate surface area is 259 Å². The van der Waals surface area contributed by atoms with Crippen LogP contribution in [0.3, 0.4) is 0 Å². The summed E-state index contributed by atoms with van der Waals surface area (Å²) in [7, 11) is 0. The van der Waals surface area contributed by atoms with Gasteiger partial charge in [-0.1, -0.05) is 158 Å². The van der Waals surface area contributed by atoms with Gasteiger partial charge in [0.1, 0.15) is 12.2 Å². The molecule has 1 N–H and O–H groups in total. The van der Waals surface area contributed by atoms with Crippen LogP contribution in [0.25, 0.3) is 0 Å². The topological polar surface area (TPSA) is 56.8 Å². The molecular formula is C39H37NO4. The van der Waals surface area contributed by atoms with Crippen molar-refractivity contribution in [3.63, 3.8) is 0 Å². The second kappa shape index (κ2) is 15.5. The van der Waals surface area contributed by atoms with E-state index in [1.54, 1.807) is 6.08 Å². The van der Waals surface area contributed by atoms with Crippen LogP contribution in [0.2, 0.25) is 0 Å². The molecule has 0 aliphatic heterocycles. The predicted molar refractivity (Wildman–Crippen MR) is 174 cm³/mol. The fourth-order valence-electron chi connectivity index (χ4n) is 5.23. The lowest BCUT2D eigenvalue weighted by Gasteiger charge is -2.38. The van der Waals surface area contributed by atoms with Gasteiger partial charge in [-0.3, -0.25) is 0 Å². The molecule has 0 bridgehead atoms. The molecule has 5 nitrogen and oxygen atoms in total. The van der Waals surface area contributed by atoms with E-state index in [4.69, 9.17) is 14.2 Å². The molecule has 5 heteroatoms. The molecule has 222 valence electrons. The van der Waals surface area contributed by atoms with Gasteiger partial charge in [-0.2, -0.15) is 0 Å². The first-order chi connectivity index (χ1) is 21.7. The Morgan fingerprint density at radius 3 is 1.48 bits per heavy atom. The highest BCUT2D eigenvalue weighted by atomic mass is 16.6. The Hall–Kier alpha value is -4.97. The van der Waals surface area contributed by atoms with Gasteiger partial charge >= 0.3 is 6.09 Å². The number of alkyl carbamates (subject to hydrolysis) is 1. The van der Waals surface area contributed by atoms with Crippen molar-refractivity contribution in [2.24, 2.45) is 0 Å². The van der Waals surface area contributed by atoms with E-state index in [1.165, 1.54) is 0 Å². The molecule has 0 heterocycles. The summed E-state index contributed by atoms with van der Waals surface area (Å²) < 4.78 is 19.0. The van der Waals surface area contributed by atoms with E-state index in [1.807, 2.05) is 115 Å². The van der Waals surface area contributed by atoms with E-state index in [0.29, 0.717) is 6.61 Å². The molecule has 0 aliphatic carbocycles. The third-order valence-electron chi connectivity index (χ3n) is 7.45. The average molecular weight is 584 g/mol. The molecule has 0 aliphatic rings. The minimum atomic E-state index is -0.969. The van der Waals surface area contributed by atoms with Gasteiger partial charge in [-0.15, -0.1) is 6.58 Å². The van der Waals surface area contributed by atoms with Crippen LogP contribution in [0, 0.1) is 0 Å². The Morgan fingerprint density at radius 1 is 0.636 bits per heavy atom. The molecule has 5 aromatic rings. The van der Waals surface area contributed by atoms with Crippen molar-refractivity contribution in [2.75, 3.05) is 6.61 Å². The number of amides is 1. The third kappa shape index (κ3) is 7.70. The maximum Gasteiger partial charge on any atom is 0.407 e. The van der Waals surface area contributed by atoms with Crippen molar-refractivity contribution in [1.82, 2.24) is 5.32 Å².